The Balaban J connectivity index is 3.57. The molecule has 0 spiro atoms. The molecule has 1 N–H and O–H groups in total. The summed E-state index contributed by atoms with van der Waals surface area (Å²) in [7, 11) is 1.18. The molecule has 0 bridgehead atoms. The van der Waals surface area contributed by atoms with Crippen LogP contribution in [0.2, 0.25) is 0 Å². The standard InChI is InChI=1S/C10H8N2O4S/c1-5(13)6(4-11)10-12-9(15)7(17-10)3-8(14)16-2/h3H,1-2H3,(H,12,15)/b7-3-,10-6-. The molecule has 1 aromatic heterocycles. The second-order valence-electron chi connectivity index (χ2n) is 2.96. The number of esters is 1. The highest BCUT2D eigenvalue weighted by Gasteiger charge is 2.07. The molecule has 6 nitrogen and oxygen atoms in total. The maximum Gasteiger partial charge on any atom is 0.332 e. The number of ketones is 1. The molecule has 7 heteroatoms. The van der Waals surface area contributed by atoms with Crippen LogP contribution in [0.5, 0.6) is 0 Å². The molecular weight excluding hydrogens is 244 g/mol. The van der Waals surface area contributed by atoms with E-state index in [-0.39, 0.29) is 14.8 Å². The van der Waals surface area contributed by atoms with Crippen molar-refractivity contribution < 1.29 is 14.3 Å². The normalized spacial score (nSPS) is 12.9. The molecule has 1 aromatic rings. The van der Waals surface area contributed by atoms with E-state index in [4.69, 9.17) is 5.26 Å². The minimum absolute atomic E-state index is 0.0841. The molecular formula is C10H8N2O4S. The van der Waals surface area contributed by atoms with Crippen molar-refractivity contribution in [1.82, 2.24) is 4.98 Å². The smallest absolute Gasteiger partial charge is 0.332 e. The molecule has 0 unspecified atom stereocenters. The van der Waals surface area contributed by atoms with E-state index in [0.717, 1.165) is 17.4 Å². The SMILES string of the molecule is COC(=O)/C=c1\s/c(=C(/C#N)C(C)=O)[nH]c1=O. The van der Waals surface area contributed by atoms with Gasteiger partial charge >= 0.3 is 5.97 Å². The number of nitriles is 1. The number of carbonyl (C=O) groups excluding carboxylic acids is 2. The second kappa shape index (κ2) is 5.23. The third-order valence-corrected chi connectivity index (χ3v) is 2.84. The molecule has 88 valence electrons. The predicted octanol–water partition coefficient (Wildman–Crippen LogP) is -1.35. The Labute approximate surface area is 99.5 Å². The third kappa shape index (κ3) is 2.89. The van der Waals surface area contributed by atoms with Gasteiger partial charge in [0.15, 0.2) is 5.78 Å². The first-order valence-corrected chi connectivity index (χ1v) is 5.25. The van der Waals surface area contributed by atoms with Crippen molar-refractivity contribution >= 4 is 34.7 Å². The van der Waals surface area contributed by atoms with E-state index in [9.17, 15) is 14.4 Å². The maximum atomic E-state index is 11.4. The summed E-state index contributed by atoms with van der Waals surface area (Å²) in [5, 5.41) is 8.75. The number of Topliss-reactive ketones (excluding diaryl/α,β-unsaturated/α-hetero) is 1. The number of carbonyl (C=O) groups is 2. The van der Waals surface area contributed by atoms with Gasteiger partial charge in [0, 0.05) is 6.08 Å². The number of aromatic amines is 1. The largest absolute Gasteiger partial charge is 0.466 e. The summed E-state index contributed by atoms with van der Waals surface area (Å²) >= 11 is 0.859. The van der Waals surface area contributed by atoms with E-state index < -0.39 is 17.3 Å². The number of hydrogen-bond donors (Lipinski definition) is 1. The van der Waals surface area contributed by atoms with E-state index in [1.54, 1.807) is 6.07 Å². The van der Waals surface area contributed by atoms with Gasteiger partial charge in [-0.3, -0.25) is 9.59 Å². The molecule has 0 saturated carbocycles. The number of nitrogens with zero attached hydrogens (tertiary/aromatic N) is 1. The topological polar surface area (TPSA) is 100 Å². The lowest BCUT2D eigenvalue weighted by molar-refractivity contribution is -0.133. The van der Waals surface area contributed by atoms with Crippen molar-refractivity contribution in [2.75, 3.05) is 7.11 Å². The molecule has 17 heavy (non-hydrogen) atoms. The van der Waals surface area contributed by atoms with Crippen LogP contribution >= 0.6 is 11.3 Å². The molecule has 1 heterocycles. The first-order valence-electron chi connectivity index (χ1n) is 4.43. The summed E-state index contributed by atoms with van der Waals surface area (Å²) in [4.78, 5) is 35.8. The molecule has 0 saturated heterocycles. The summed E-state index contributed by atoms with van der Waals surface area (Å²) in [6.45, 7) is 1.22. The van der Waals surface area contributed by atoms with Gasteiger partial charge in [0.2, 0.25) is 0 Å². The quantitative estimate of drug-likeness (QED) is 0.656. The molecule has 0 radical (unpaired) electrons. The number of aromatic nitrogens is 1. The Morgan fingerprint density at radius 3 is 2.65 bits per heavy atom. The zero-order chi connectivity index (χ0) is 13.0. The number of methoxy groups -OCH3 is 1. The molecule has 0 aromatic carbocycles. The number of rotatable bonds is 2. The average Bonchev–Trinajstić information content (AvgIpc) is 2.60. The van der Waals surface area contributed by atoms with Crippen molar-refractivity contribution in [3.05, 3.63) is 19.5 Å². The van der Waals surface area contributed by atoms with Crippen molar-refractivity contribution in [2.45, 2.75) is 6.92 Å². The number of nitrogens with one attached hydrogen (secondary N) is 1. The van der Waals surface area contributed by atoms with Crippen molar-refractivity contribution in [3.63, 3.8) is 0 Å². The van der Waals surface area contributed by atoms with Crippen LogP contribution in [-0.2, 0) is 14.3 Å². The predicted molar refractivity (Wildman–Crippen MR) is 60.4 cm³/mol. The van der Waals surface area contributed by atoms with Crippen LogP contribution in [0, 0.1) is 11.3 Å². The lowest BCUT2D eigenvalue weighted by Crippen LogP contribution is -2.22. The average molecular weight is 252 g/mol. The fourth-order valence-electron chi connectivity index (χ4n) is 1.01. The van der Waals surface area contributed by atoms with E-state index >= 15 is 0 Å². The Morgan fingerprint density at radius 2 is 2.18 bits per heavy atom. The molecule has 0 fully saturated rings. The summed E-state index contributed by atoms with van der Waals surface area (Å²) in [6.07, 6.45) is 1.00. The molecule has 0 atom stereocenters. The van der Waals surface area contributed by atoms with Gasteiger partial charge in [-0.25, -0.2) is 4.79 Å². The monoisotopic (exact) mass is 252 g/mol. The van der Waals surface area contributed by atoms with Crippen LogP contribution in [-0.4, -0.2) is 23.8 Å². The molecule has 0 aliphatic heterocycles. The maximum absolute atomic E-state index is 11.4. The molecule has 0 aliphatic rings. The minimum Gasteiger partial charge on any atom is -0.466 e. The first-order chi connectivity index (χ1) is 7.99. The van der Waals surface area contributed by atoms with E-state index in [2.05, 4.69) is 9.72 Å². The number of H-pyrrole nitrogens is 1. The van der Waals surface area contributed by atoms with Gasteiger partial charge in [-0.2, -0.15) is 5.26 Å². The van der Waals surface area contributed by atoms with Crippen LogP contribution in [0.1, 0.15) is 6.92 Å². The van der Waals surface area contributed by atoms with Crippen LogP contribution in [0.15, 0.2) is 4.79 Å². The van der Waals surface area contributed by atoms with Gasteiger partial charge in [-0.15, -0.1) is 11.3 Å². The highest BCUT2D eigenvalue weighted by atomic mass is 32.1. The van der Waals surface area contributed by atoms with Crippen LogP contribution in [0.25, 0.3) is 11.6 Å². The zero-order valence-electron chi connectivity index (χ0n) is 9.07. The minimum atomic E-state index is -0.676. The van der Waals surface area contributed by atoms with Gasteiger partial charge < -0.3 is 9.72 Å². The first kappa shape index (κ1) is 12.9. The number of ether oxygens (including phenoxy) is 1. The Bertz CT molecular complexity index is 674. The zero-order valence-corrected chi connectivity index (χ0v) is 9.88. The lowest BCUT2D eigenvalue weighted by atomic mass is 10.2. The lowest BCUT2D eigenvalue weighted by Gasteiger charge is -1.85. The van der Waals surface area contributed by atoms with Gasteiger partial charge in [0.05, 0.1) is 7.11 Å². The van der Waals surface area contributed by atoms with Gasteiger partial charge in [-0.1, -0.05) is 0 Å². The summed E-state index contributed by atoms with van der Waals surface area (Å²) < 4.78 is 4.60. The van der Waals surface area contributed by atoms with E-state index in [1.165, 1.54) is 14.0 Å². The fraction of sp³-hybridized carbons (Fsp3) is 0.200. The van der Waals surface area contributed by atoms with Crippen LogP contribution < -0.4 is 14.8 Å². The highest BCUT2D eigenvalue weighted by molar-refractivity contribution is 7.07. The molecule has 0 aliphatic carbocycles. The van der Waals surface area contributed by atoms with Gasteiger partial charge in [-0.05, 0) is 6.92 Å². The Morgan fingerprint density at radius 1 is 1.53 bits per heavy atom. The Hall–Kier alpha value is -2.20. The van der Waals surface area contributed by atoms with Crippen LogP contribution in [0.4, 0.5) is 0 Å². The van der Waals surface area contributed by atoms with Crippen LogP contribution in [0.3, 0.4) is 0 Å². The van der Waals surface area contributed by atoms with Crippen molar-refractivity contribution in [2.24, 2.45) is 0 Å². The number of hydrogen-bond acceptors (Lipinski definition) is 6. The molecule has 1 rings (SSSR count). The Kier molecular flexibility index (Phi) is 3.96. The summed E-state index contributed by atoms with van der Waals surface area (Å²) in [5.41, 5.74) is -0.680. The number of thiazole rings is 1. The third-order valence-electron chi connectivity index (χ3n) is 1.80. The van der Waals surface area contributed by atoms with Gasteiger partial charge in [0.25, 0.3) is 5.56 Å². The summed E-state index contributed by atoms with van der Waals surface area (Å²) in [5.74, 6) is -1.13. The fourth-order valence-corrected chi connectivity index (χ4v) is 1.96. The van der Waals surface area contributed by atoms with Crippen molar-refractivity contribution in [3.8, 4) is 6.07 Å². The second-order valence-corrected chi connectivity index (χ2v) is 4.01. The highest BCUT2D eigenvalue weighted by Crippen LogP contribution is 1.91. The van der Waals surface area contributed by atoms with Crippen molar-refractivity contribution in [1.29, 1.82) is 5.26 Å². The molecule has 0 amide bonds. The van der Waals surface area contributed by atoms with E-state index in [1.807, 2.05) is 0 Å². The summed E-state index contributed by atoms with van der Waals surface area (Å²) in [6, 6.07) is 1.70. The van der Waals surface area contributed by atoms with E-state index in [0.29, 0.717) is 0 Å². The van der Waals surface area contributed by atoms with Gasteiger partial charge in [0.1, 0.15) is 20.8 Å².